The zero-order valence-electron chi connectivity index (χ0n) is 7.49. The summed E-state index contributed by atoms with van der Waals surface area (Å²) in [5.41, 5.74) is 5.01. The van der Waals surface area contributed by atoms with E-state index in [4.69, 9.17) is 11.0 Å². The highest BCUT2D eigenvalue weighted by Crippen LogP contribution is 2.25. The predicted octanol–water partition coefficient (Wildman–Crippen LogP) is 2.47. The van der Waals surface area contributed by atoms with Gasteiger partial charge in [-0.25, -0.2) is 0 Å². The van der Waals surface area contributed by atoms with E-state index in [2.05, 4.69) is 12.1 Å². The Hall–Kier alpha value is -0.500. The van der Waals surface area contributed by atoms with Crippen molar-refractivity contribution in [1.29, 1.82) is 5.26 Å². The summed E-state index contributed by atoms with van der Waals surface area (Å²) in [5.74, 6) is 0.904. The maximum atomic E-state index is 8.67. The Labute approximate surface area is 86.8 Å². The monoisotopic (exact) mass is 212 g/mol. The van der Waals surface area contributed by atoms with Gasteiger partial charge in [-0.05, 0) is 24.8 Å². The molecule has 0 radical (unpaired) electrons. The number of thiophene rings is 1. The molecule has 0 aromatic carbocycles. The van der Waals surface area contributed by atoms with Gasteiger partial charge in [0.25, 0.3) is 0 Å². The van der Waals surface area contributed by atoms with Crippen molar-refractivity contribution in [3.63, 3.8) is 0 Å². The molecule has 0 aliphatic heterocycles. The third-order valence-electron chi connectivity index (χ3n) is 1.62. The zero-order chi connectivity index (χ0) is 9.73. The van der Waals surface area contributed by atoms with Gasteiger partial charge in [-0.1, -0.05) is 6.07 Å². The molecule has 13 heavy (non-hydrogen) atoms. The summed E-state index contributed by atoms with van der Waals surface area (Å²) >= 11 is 3.48. The first-order valence-electron chi connectivity index (χ1n) is 4.00. The van der Waals surface area contributed by atoms with Crippen molar-refractivity contribution in [3.05, 3.63) is 17.5 Å². The van der Waals surface area contributed by atoms with Gasteiger partial charge < -0.3 is 5.73 Å². The number of hydrogen-bond donors (Lipinski definition) is 1. The molecule has 1 aromatic heterocycles. The Morgan fingerprint density at radius 3 is 3.08 bits per heavy atom. The van der Waals surface area contributed by atoms with Crippen molar-refractivity contribution in [2.75, 3.05) is 5.75 Å². The van der Waals surface area contributed by atoms with Crippen LogP contribution in [-0.2, 0) is 0 Å². The molecule has 2 N–H and O–H groups in total. The summed E-state index contributed by atoms with van der Waals surface area (Å²) in [7, 11) is 0. The minimum atomic E-state index is -0.676. The molecule has 4 heteroatoms. The van der Waals surface area contributed by atoms with Crippen LogP contribution in [0.4, 0.5) is 0 Å². The number of rotatable bonds is 4. The largest absolute Gasteiger partial charge is 0.314 e. The highest BCUT2D eigenvalue weighted by atomic mass is 32.2. The molecule has 1 atom stereocenters. The van der Waals surface area contributed by atoms with Gasteiger partial charge in [-0.15, -0.1) is 23.1 Å². The van der Waals surface area contributed by atoms with Gasteiger partial charge in [-0.2, -0.15) is 5.26 Å². The number of thioether (sulfide) groups is 1. The van der Waals surface area contributed by atoms with Crippen molar-refractivity contribution >= 4 is 23.1 Å². The van der Waals surface area contributed by atoms with Crippen molar-refractivity contribution in [3.8, 4) is 6.07 Å². The molecule has 0 saturated heterocycles. The number of nitriles is 1. The lowest BCUT2D eigenvalue weighted by molar-refractivity contribution is 0.583. The van der Waals surface area contributed by atoms with Crippen LogP contribution in [0.1, 0.15) is 13.3 Å². The minimum absolute atomic E-state index is 0.676. The van der Waals surface area contributed by atoms with Gasteiger partial charge in [-0.3, -0.25) is 0 Å². The van der Waals surface area contributed by atoms with Gasteiger partial charge >= 0.3 is 0 Å². The average Bonchev–Trinajstić information content (AvgIpc) is 2.57. The van der Waals surface area contributed by atoms with E-state index in [1.807, 2.05) is 11.4 Å². The highest BCUT2D eigenvalue weighted by molar-refractivity contribution is 8.01. The summed E-state index contributed by atoms with van der Waals surface area (Å²) < 4.78 is 1.29. The summed E-state index contributed by atoms with van der Waals surface area (Å²) in [6.45, 7) is 1.77. The van der Waals surface area contributed by atoms with Crippen molar-refractivity contribution in [2.45, 2.75) is 23.1 Å². The first-order chi connectivity index (χ1) is 6.14. The number of hydrogen-bond acceptors (Lipinski definition) is 4. The fraction of sp³-hybridized carbons (Fsp3) is 0.444. The second-order valence-electron chi connectivity index (χ2n) is 3.06. The SMILES string of the molecule is CC(N)(C#N)CCSc1cccs1. The molecule has 0 amide bonds. The van der Waals surface area contributed by atoms with E-state index in [9.17, 15) is 0 Å². The van der Waals surface area contributed by atoms with E-state index in [1.165, 1.54) is 4.21 Å². The average molecular weight is 212 g/mol. The van der Waals surface area contributed by atoms with Crippen LogP contribution in [0.25, 0.3) is 0 Å². The summed E-state index contributed by atoms with van der Waals surface area (Å²) in [6.07, 6.45) is 0.728. The molecule has 1 unspecified atom stereocenters. The van der Waals surface area contributed by atoms with E-state index in [0.717, 1.165) is 12.2 Å². The molecule has 2 nitrogen and oxygen atoms in total. The van der Waals surface area contributed by atoms with E-state index < -0.39 is 5.54 Å². The van der Waals surface area contributed by atoms with Crippen LogP contribution < -0.4 is 5.73 Å². The Bertz CT molecular complexity index is 285. The molecule has 0 bridgehead atoms. The first kappa shape index (κ1) is 10.6. The molecule has 0 aliphatic rings. The molecule has 70 valence electrons. The molecule has 0 fully saturated rings. The van der Waals surface area contributed by atoms with Crippen molar-refractivity contribution in [2.24, 2.45) is 5.73 Å². The van der Waals surface area contributed by atoms with Crippen LogP contribution in [-0.4, -0.2) is 11.3 Å². The standard InChI is InChI=1S/C9H12N2S2/c1-9(11,7-10)4-6-13-8-3-2-5-12-8/h2-3,5H,4,6,11H2,1H3. The van der Waals surface area contributed by atoms with Crippen LogP contribution in [0.2, 0.25) is 0 Å². The number of nitrogens with two attached hydrogens (primary N) is 1. The summed E-state index contributed by atoms with van der Waals surface area (Å²) in [5, 5.41) is 10.7. The second kappa shape index (κ2) is 4.66. The van der Waals surface area contributed by atoms with Gasteiger partial charge in [0.1, 0.15) is 5.54 Å². The van der Waals surface area contributed by atoms with Crippen LogP contribution in [0.3, 0.4) is 0 Å². The predicted molar refractivity (Wildman–Crippen MR) is 57.9 cm³/mol. The van der Waals surface area contributed by atoms with E-state index >= 15 is 0 Å². The molecular weight excluding hydrogens is 200 g/mol. The van der Waals surface area contributed by atoms with E-state index in [0.29, 0.717) is 0 Å². The normalized spacial score (nSPS) is 14.8. The van der Waals surface area contributed by atoms with Crippen LogP contribution in [0.15, 0.2) is 21.7 Å². The zero-order valence-corrected chi connectivity index (χ0v) is 9.12. The van der Waals surface area contributed by atoms with Gasteiger partial charge in [0.15, 0.2) is 0 Å². The Balaban J connectivity index is 2.26. The lowest BCUT2D eigenvalue weighted by Crippen LogP contribution is -2.34. The fourth-order valence-electron chi connectivity index (χ4n) is 0.765. The fourth-order valence-corrected chi connectivity index (χ4v) is 2.80. The first-order valence-corrected chi connectivity index (χ1v) is 5.87. The van der Waals surface area contributed by atoms with Crippen LogP contribution in [0.5, 0.6) is 0 Å². The maximum Gasteiger partial charge on any atom is 0.102 e. The molecule has 0 saturated carbocycles. The second-order valence-corrected chi connectivity index (χ2v) is 5.40. The third-order valence-corrected chi connectivity index (χ3v) is 3.75. The summed E-state index contributed by atoms with van der Waals surface area (Å²) in [4.78, 5) is 0. The topological polar surface area (TPSA) is 49.8 Å². The van der Waals surface area contributed by atoms with Crippen LogP contribution in [0, 0.1) is 11.3 Å². The van der Waals surface area contributed by atoms with E-state index in [-0.39, 0.29) is 0 Å². The van der Waals surface area contributed by atoms with Gasteiger partial charge in [0, 0.05) is 5.75 Å². The molecule has 0 aliphatic carbocycles. The lowest BCUT2D eigenvalue weighted by atomic mass is 10.0. The maximum absolute atomic E-state index is 8.67. The molecule has 0 spiro atoms. The molecule has 1 aromatic rings. The third kappa shape index (κ3) is 3.81. The summed E-state index contributed by atoms with van der Waals surface area (Å²) in [6, 6.07) is 6.19. The molecule has 1 heterocycles. The van der Waals surface area contributed by atoms with Crippen molar-refractivity contribution in [1.82, 2.24) is 0 Å². The smallest absolute Gasteiger partial charge is 0.102 e. The minimum Gasteiger partial charge on any atom is -0.314 e. The molecular formula is C9H12N2S2. The Morgan fingerprint density at radius 2 is 2.54 bits per heavy atom. The van der Waals surface area contributed by atoms with Crippen LogP contribution >= 0.6 is 23.1 Å². The van der Waals surface area contributed by atoms with E-state index in [1.54, 1.807) is 30.0 Å². The van der Waals surface area contributed by atoms with Gasteiger partial charge in [0.05, 0.1) is 10.3 Å². The van der Waals surface area contributed by atoms with Crippen molar-refractivity contribution < 1.29 is 0 Å². The van der Waals surface area contributed by atoms with Gasteiger partial charge in [0.2, 0.25) is 0 Å². The quantitative estimate of drug-likeness (QED) is 0.780. The Kier molecular flexibility index (Phi) is 3.79. The Morgan fingerprint density at radius 1 is 1.77 bits per heavy atom. The number of nitrogens with zero attached hydrogens (tertiary/aromatic N) is 1. The molecule has 1 rings (SSSR count). The lowest BCUT2D eigenvalue weighted by Gasteiger charge is -2.13. The highest BCUT2D eigenvalue weighted by Gasteiger charge is 2.16.